The summed E-state index contributed by atoms with van der Waals surface area (Å²) in [7, 11) is 0. The maximum Gasteiger partial charge on any atom is 0.411 e. The summed E-state index contributed by atoms with van der Waals surface area (Å²) in [6, 6.07) is 20.0. The molecule has 1 aliphatic rings. The van der Waals surface area contributed by atoms with Crippen molar-refractivity contribution in [2.24, 2.45) is 0 Å². The SMILES string of the molecule is C/C=C/[C@@H]1OC(=O)N(Cc2ccccc2)[C@@H]1c1ccccc1. The quantitative estimate of drug-likeness (QED) is 0.785. The van der Waals surface area contributed by atoms with Gasteiger partial charge in [-0.2, -0.15) is 0 Å². The van der Waals surface area contributed by atoms with Gasteiger partial charge in [-0.1, -0.05) is 66.7 Å². The molecule has 2 atom stereocenters. The molecular formula is C19H19NO2. The van der Waals surface area contributed by atoms with Gasteiger partial charge in [0.2, 0.25) is 0 Å². The first-order chi connectivity index (χ1) is 10.8. The van der Waals surface area contributed by atoms with Gasteiger partial charge >= 0.3 is 6.09 Å². The fraction of sp³-hybridized carbons (Fsp3) is 0.211. The third-order valence-corrected chi connectivity index (χ3v) is 3.84. The molecule has 3 nitrogen and oxygen atoms in total. The van der Waals surface area contributed by atoms with E-state index in [0.717, 1.165) is 11.1 Å². The molecule has 0 spiro atoms. The predicted molar refractivity (Wildman–Crippen MR) is 86.3 cm³/mol. The summed E-state index contributed by atoms with van der Waals surface area (Å²) in [6.45, 7) is 2.49. The minimum atomic E-state index is -0.263. The highest BCUT2D eigenvalue weighted by molar-refractivity contribution is 5.71. The fourth-order valence-corrected chi connectivity index (χ4v) is 2.84. The van der Waals surface area contributed by atoms with Crippen LogP contribution >= 0.6 is 0 Å². The number of amides is 1. The van der Waals surface area contributed by atoms with Crippen LogP contribution in [-0.4, -0.2) is 17.1 Å². The average molecular weight is 293 g/mol. The zero-order valence-electron chi connectivity index (χ0n) is 12.6. The predicted octanol–water partition coefficient (Wildman–Crippen LogP) is 4.32. The number of hydrogen-bond donors (Lipinski definition) is 0. The Morgan fingerprint density at radius 2 is 1.68 bits per heavy atom. The summed E-state index contributed by atoms with van der Waals surface area (Å²) in [6.07, 6.45) is 3.37. The van der Waals surface area contributed by atoms with Crippen molar-refractivity contribution in [1.29, 1.82) is 0 Å². The number of benzene rings is 2. The van der Waals surface area contributed by atoms with Crippen molar-refractivity contribution in [3.05, 3.63) is 83.9 Å². The molecule has 2 aromatic rings. The van der Waals surface area contributed by atoms with Gasteiger partial charge in [0, 0.05) is 6.54 Å². The molecule has 2 aromatic carbocycles. The first-order valence-electron chi connectivity index (χ1n) is 7.48. The Balaban J connectivity index is 1.93. The van der Waals surface area contributed by atoms with E-state index in [-0.39, 0.29) is 18.2 Å². The van der Waals surface area contributed by atoms with Crippen molar-refractivity contribution >= 4 is 6.09 Å². The topological polar surface area (TPSA) is 29.5 Å². The van der Waals surface area contributed by atoms with E-state index in [0.29, 0.717) is 6.54 Å². The van der Waals surface area contributed by atoms with E-state index in [1.165, 1.54) is 0 Å². The van der Waals surface area contributed by atoms with E-state index in [1.807, 2.05) is 79.7 Å². The molecule has 1 saturated heterocycles. The third-order valence-electron chi connectivity index (χ3n) is 3.84. The van der Waals surface area contributed by atoms with Gasteiger partial charge in [-0.25, -0.2) is 4.79 Å². The van der Waals surface area contributed by atoms with Crippen molar-refractivity contribution in [2.75, 3.05) is 0 Å². The monoisotopic (exact) mass is 293 g/mol. The highest BCUT2D eigenvalue weighted by Gasteiger charge is 2.41. The molecular weight excluding hydrogens is 274 g/mol. The van der Waals surface area contributed by atoms with Crippen molar-refractivity contribution in [2.45, 2.75) is 25.6 Å². The molecule has 0 aromatic heterocycles. The Morgan fingerprint density at radius 1 is 1.05 bits per heavy atom. The second-order valence-corrected chi connectivity index (χ2v) is 5.34. The Bertz CT molecular complexity index is 652. The first-order valence-corrected chi connectivity index (χ1v) is 7.48. The van der Waals surface area contributed by atoms with Gasteiger partial charge in [0.05, 0.1) is 0 Å². The standard InChI is InChI=1S/C19H19NO2/c1-2-9-17-18(16-12-7-4-8-13-16)20(19(21)22-17)14-15-10-5-3-6-11-15/h2-13,17-18H,14H2,1H3/b9-2+/t17-,18+/m0/s1. The van der Waals surface area contributed by atoms with Gasteiger partial charge in [0.15, 0.2) is 0 Å². The summed E-state index contributed by atoms with van der Waals surface area (Å²) in [4.78, 5) is 14.1. The molecule has 0 saturated carbocycles. The molecule has 1 aliphatic heterocycles. The lowest BCUT2D eigenvalue weighted by Gasteiger charge is -2.24. The maximum absolute atomic E-state index is 12.3. The number of carbonyl (C=O) groups excluding carboxylic acids is 1. The van der Waals surface area contributed by atoms with Crippen LogP contribution in [0.3, 0.4) is 0 Å². The normalized spacial score (nSPS) is 21.3. The number of rotatable bonds is 4. The van der Waals surface area contributed by atoms with Gasteiger partial charge < -0.3 is 4.74 Å². The molecule has 1 fully saturated rings. The summed E-state index contributed by atoms with van der Waals surface area (Å²) in [5.74, 6) is 0. The summed E-state index contributed by atoms with van der Waals surface area (Å²) in [5.41, 5.74) is 2.19. The first kappa shape index (κ1) is 14.4. The van der Waals surface area contributed by atoms with Gasteiger partial charge in [0.25, 0.3) is 0 Å². The number of carbonyl (C=O) groups is 1. The van der Waals surface area contributed by atoms with Crippen LogP contribution in [0.25, 0.3) is 0 Å². The molecule has 0 unspecified atom stereocenters. The molecule has 0 bridgehead atoms. The molecule has 112 valence electrons. The van der Waals surface area contributed by atoms with E-state index >= 15 is 0 Å². The second-order valence-electron chi connectivity index (χ2n) is 5.34. The Morgan fingerprint density at radius 3 is 2.32 bits per heavy atom. The smallest absolute Gasteiger partial charge is 0.411 e. The lowest BCUT2D eigenvalue weighted by molar-refractivity contribution is 0.144. The molecule has 0 N–H and O–H groups in total. The minimum Gasteiger partial charge on any atom is -0.439 e. The Kier molecular flexibility index (Phi) is 4.24. The summed E-state index contributed by atoms with van der Waals surface area (Å²) in [5, 5.41) is 0. The number of hydrogen-bond acceptors (Lipinski definition) is 2. The minimum absolute atomic E-state index is 0.0925. The molecule has 0 aliphatic carbocycles. The van der Waals surface area contributed by atoms with Crippen molar-refractivity contribution in [1.82, 2.24) is 4.90 Å². The van der Waals surface area contributed by atoms with Crippen LogP contribution in [-0.2, 0) is 11.3 Å². The van der Waals surface area contributed by atoms with Gasteiger partial charge in [-0.05, 0) is 24.1 Å². The van der Waals surface area contributed by atoms with Crippen molar-refractivity contribution < 1.29 is 9.53 Å². The van der Waals surface area contributed by atoms with Crippen LogP contribution in [0.2, 0.25) is 0 Å². The van der Waals surface area contributed by atoms with E-state index in [4.69, 9.17) is 4.74 Å². The van der Waals surface area contributed by atoms with Gasteiger partial charge in [0.1, 0.15) is 12.1 Å². The van der Waals surface area contributed by atoms with Crippen LogP contribution < -0.4 is 0 Å². The second kappa shape index (κ2) is 6.48. The lowest BCUT2D eigenvalue weighted by atomic mass is 10.00. The van der Waals surface area contributed by atoms with E-state index in [1.54, 1.807) is 4.90 Å². The van der Waals surface area contributed by atoms with Crippen LogP contribution in [0.4, 0.5) is 4.79 Å². The van der Waals surface area contributed by atoms with Crippen LogP contribution in [0.15, 0.2) is 72.8 Å². The van der Waals surface area contributed by atoms with Gasteiger partial charge in [-0.15, -0.1) is 0 Å². The largest absolute Gasteiger partial charge is 0.439 e. The molecule has 3 heteroatoms. The van der Waals surface area contributed by atoms with Gasteiger partial charge in [-0.3, -0.25) is 4.90 Å². The molecule has 1 amide bonds. The zero-order chi connectivity index (χ0) is 15.4. The Hall–Kier alpha value is -2.55. The fourth-order valence-electron chi connectivity index (χ4n) is 2.84. The zero-order valence-corrected chi connectivity index (χ0v) is 12.6. The number of ether oxygens (including phenoxy) is 1. The molecule has 1 heterocycles. The van der Waals surface area contributed by atoms with Crippen molar-refractivity contribution in [3.63, 3.8) is 0 Å². The average Bonchev–Trinajstić information content (AvgIpc) is 2.85. The number of nitrogens with zero attached hydrogens (tertiary/aromatic N) is 1. The van der Waals surface area contributed by atoms with E-state index in [9.17, 15) is 4.79 Å². The highest BCUT2D eigenvalue weighted by Crippen LogP contribution is 2.35. The van der Waals surface area contributed by atoms with Crippen LogP contribution in [0.1, 0.15) is 24.1 Å². The molecule has 0 radical (unpaired) electrons. The Labute approximate surface area is 130 Å². The molecule has 22 heavy (non-hydrogen) atoms. The summed E-state index contributed by atoms with van der Waals surface area (Å²) >= 11 is 0. The third kappa shape index (κ3) is 2.89. The highest BCUT2D eigenvalue weighted by atomic mass is 16.6. The van der Waals surface area contributed by atoms with Crippen LogP contribution in [0.5, 0.6) is 0 Å². The molecule has 3 rings (SSSR count). The van der Waals surface area contributed by atoms with E-state index < -0.39 is 0 Å². The number of cyclic esters (lactones) is 1. The maximum atomic E-state index is 12.3. The van der Waals surface area contributed by atoms with Crippen LogP contribution in [0, 0.1) is 0 Å². The number of allylic oxidation sites excluding steroid dienone is 1. The van der Waals surface area contributed by atoms with E-state index in [2.05, 4.69) is 0 Å². The lowest BCUT2D eigenvalue weighted by Crippen LogP contribution is -2.28. The van der Waals surface area contributed by atoms with Crippen molar-refractivity contribution in [3.8, 4) is 0 Å². The summed E-state index contributed by atoms with van der Waals surface area (Å²) < 4.78 is 5.55.